The van der Waals surface area contributed by atoms with Crippen molar-refractivity contribution in [2.45, 2.75) is 25.7 Å². The summed E-state index contributed by atoms with van der Waals surface area (Å²) < 4.78 is 0. The van der Waals surface area contributed by atoms with Crippen LogP contribution in [-0.4, -0.2) is 23.4 Å². The van der Waals surface area contributed by atoms with Crippen molar-refractivity contribution in [2.24, 2.45) is 5.41 Å². The molecule has 0 aromatic carbocycles. The molecular weight excluding hydrogens is 116 g/mol. The van der Waals surface area contributed by atoms with Gasteiger partial charge in [0.2, 0.25) is 0 Å². The Kier molecular flexibility index (Phi) is 2.09. The smallest absolute Gasteiger partial charge is 0.0488 e. The topological polar surface area (TPSA) is 40.5 Å². The molecule has 1 fully saturated rings. The quantitative estimate of drug-likeness (QED) is 0.585. The molecule has 0 atom stereocenters. The highest BCUT2D eigenvalue weighted by atomic mass is 16.3. The number of aliphatic hydroxyl groups is 2. The molecule has 0 amide bonds. The van der Waals surface area contributed by atoms with E-state index in [9.17, 15) is 0 Å². The van der Waals surface area contributed by atoms with Gasteiger partial charge >= 0.3 is 0 Å². The summed E-state index contributed by atoms with van der Waals surface area (Å²) in [5, 5.41) is 17.4. The number of aliphatic hydroxyl groups excluding tert-OH is 2. The van der Waals surface area contributed by atoms with Crippen LogP contribution >= 0.6 is 0 Å². The molecular formula is C7H14O2. The van der Waals surface area contributed by atoms with Crippen LogP contribution in [0.1, 0.15) is 25.7 Å². The van der Waals surface area contributed by atoms with Gasteiger partial charge in [0.25, 0.3) is 0 Å². The van der Waals surface area contributed by atoms with E-state index < -0.39 is 0 Å². The van der Waals surface area contributed by atoms with Crippen molar-refractivity contribution in [3.8, 4) is 0 Å². The molecule has 2 heteroatoms. The zero-order valence-corrected chi connectivity index (χ0v) is 5.64. The molecule has 1 saturated carbocycles. The molecule has 1 aliphatic carbocycles. The van der Waals surface area contributed by atoms with E-state index in [1.165, 1.54) is 6.42 Å². The third-order valence-corrected chi connectivity index (χ3v) is 2.39. The molecule has 0 aromatic heterocycles. The summed E-state index contributed by atoms with van der Waals surface area (Å²) in [7, 11) is 0. The molecule has 0 saturated heterocycles. The maximum absolute atomic E-state index is 8.86. The molecule has 2 nitrogen and oxygen atoms in total. The van der Waals surface area contributed by atoms with Gasteiger partial charge in [-0.05, 0) is 24.7 Å². The van der Waals surface area contributed by atoms with Crippen LogP contribution in [0.2, 0.25) is 0 Å². The molecule has 1 aliphatic rings. The maximum Gasteiger partial charge on any atom is 0.0488 e. The van der Waals surface area contributed by atoms with Crippen LogP contribution in [0.4, 0.5) is 0 Å². The highest BCUT2D eigenvalue weighted by molar-refractivity contribution is 4.86. The van der Waals surface area contributed by atoms with Gasteiger partial charge in [0.1, 0.15) is 0 Å². The summed E-state index contributed by atoms with van der Waals surface area (Å²) >= 11 is 0. The Balaban J connectivity index is 2.28. The number of hydrogen-bond acceptors (Lipinski definition) is 2. The SMILES string of the molecule is OCCC1(CO)CCC1. The lowest BCUT2D eigenvalue weighted by molar-refractivity contribution is 0.0203. The second kappa shape index (κ2) is 2.67. The van der Waals surface area contributed by atoms with Gasteiger partial charge < -0.3 is 10.2 Å². The average molecular weight is 130 g/mol. The second-order valence-electron chi connectivity index (χ2n) is 2.99. The van der Waals surface area contributed by atoms with E-state index in [4.69, 9.17) is 10.2 Å². The number of hydrogen-bond donors (Lipinski definition) is 2. The third-order valence-electron chi connectivity index (χ3n) is 2.39. The van der Waals surface area contributed by atoms with E-state index in [0.717, 1.165) is 19.3 Å². The Labute approximate surface area is 55.5 Å². The summed E-state index contributed by atoms with van der Waals surface area (Å²) in [4.78, 5) is 0. The molecule has 1 rings (SSSR count). The zero-order chi connectivity index (χ0) is 6.74. The first-order valence-corrected chi connectivity index (χ1v) is 3.55. The maximum atomic E-state index is 8.86. The van der Waals surface area contributed by atoms with Crippen LogP contribution in [0.3, 0.4) is 0 Å². The van der Waals surface area contributed by atoms with Gasteiger partial charge in [-0.3, -0.25) is 0 Å². The molecule has 2 N–H and O–H groups in total. The van der Waals surface area contributed by atoms with Gasteiger partial charge in [-0.15, -0.1) is 0 Å². The minimum atomic E-state index is 0.120. The first kappa shape index (κ1) is 7.03. The van der Waals surface area contributed by atoms with Gasteiger partial charge in [-0.2, -0.15) is 0 Å². The summed E-state index contributed by atoms with van der Waals surface area (Å²) in [5.41, 5.74) is 0.120. The first-order valence-electron chi connectivity index (χ1n) is 3.55. The lowest BCUT2D eigenvalue weighted by Gasteiger charge is -2.39. The minimum Gasteiger partial charge on any atom is -0.396 e. The van der Waals surface area contributed by atoms with Gasteiger partial charge in [0, 0.05) is 13.2 Å². The van der Waals surface area contributed by atoms with Crippen molar-refractivity contribution in [1.82, 2.24) is 0 Å². The standard InChI is InChI=1S/C7H14O2/c8-5-4-7(6-9)2-1-3-7/h8-9H,1-6H2. The lowest BCUT2D eigenvalue weighted by Crippen LogP contribution is -2.34. The van der Waals surface area contributed by atoms with Gasteiger partial charge in [-0.25, -0.2) is 0 Å². The predicted molar refractivity (Wildman–Crippen MR) is 35.1 cm³/mol. The molecule has 0 unspecified atom stereocenters. The van der Waals surface area contributed by atoms with Crippen LogP contribution in [-0.2, 0) is 0 Å². The minimum absolute atomic E-state index is 0.120. The van der Waals surface area contributed by atoms with E-state index in [1.807, 2.05) is 0 Å². The normalized spacial score (nSPS) is 23.3. The fourth-order valence-electron chi connectivity index (χ4n) is 1.40. The molecule has 0 bridgehead atoms. The molecule has 0 heterocycles. The van der Waals surface area contributed by atoms with E-state index in [2.05, 4.69) is 0 Å². The molecule has 0 aliphatic heterocycles. The Morgan fingerprint density at radius 1 is 1.22 bits per heavy atom. The van der Waals surface area contributed by atoms with Crippen LogP contribution in [0.15, 0.2) is 0 Å². The summed E-state index contributed by atoms with van der Waals surface area (Å²) in [5.74, 6) is 0. The van der Waals surface area contributed by atoms with Crippen molar-refractivity contribution in [2.75, 3.05) is 13.2 Å². The number of rotatable bonds is 3. The molecule has 0 spiro atoms. The summed E-state index contributed by atoms with van der Waals surface area (Å²) in [6, 6.07) is 0. The van der Waals surface area contributed by atoms with Crippen molar-refractivity contribution >= 4 is 0 Å². The highest BCUT2D eigenvalue weighted by Crippen LogP contribution is 2.42. The molecule has 9 heavy (non-hydrogen) atoms. The van der Waals surface area contributed by atoms with Crippen molar-refractivity contribution < 1.29 is 10.2 Å². The average Bonchev–Trinajstić information content (AvgIpc) is 1.79. The van der Waals surface area contributed by atoms with Crippen LogP contribution in [0.25, 0.3) is 0 Å². The Morgan fingerprint density at radius 2 is 1.89 bits per heavy atom. The Hall–Kier alpha value is -0.0800. The fraction of sp³-hybridized carbons (Fsp3) is 1.00. The van der Waals surface area contributed by atoms with E-state index in [0.29, 0.717) is 0 Å². The monoisotopic (exact) mass is 130 g/mol. The Bertz CT molecular complexity index is 81.4. The predicted octanol–water partition coefficient (Wildman–Crippen LogP) is 0.531. The van der Waals surface area contributed by atoms with Crippen molar-refractivity contribution in [3.63, 3.8) is 0 Å². The lowest BCUT2D eigenvalue weighted by atomic mass is 9.67. The zero-order valence-electron chi connectivity index (χ0n) is 5.64. The largest absolute Gasteiger partial charge is 0.396 e. The fourth-order valence-corrected chi connectivity index (χ4v) is 1.40. The van der Waals surface area contributed by atoms with E-state index in [1.54, 1.807) is 0 Å². The summed E-state index contributed by atoms with van der Waals surface area (Å²) in [6.45, 7) is 0.480. The van der Waals surface area contributed by atoms with Gasteiger partial charge in [0.15, 0.2) is 0 Å². The second-order valence-corrected chi connectivity index (χ2v) is 2.99. The molecule has 54 valence electrons. The van der Waals surface area contributed by atoms with Crippen molar-refractivity contribution in [1.29, 1.82) is 0 Å². The van der Waals surface area contributed by atoms with E-state index in [-0.39, 0.29) is 18.6 Å². The third kappa shape index (κ3) is 1.25. The van der Waals surface area contributed by atoms with Crippen LogP contribution < -0.4 is 0 Å². The van der Waals surface area contributed by atoms with Crippen LogP contribution in [0.5, 0.6) is 0 Å². The van der Waals surface area contributed by atoms with E-state index >= 15 is 0 Å². The van der Waals surface area contributed by atoms with Gasteiger partial charge in [0.05, 0.1) is 0 Å². The highest BCUT2D eigenvalue weighted by Gasteiger charge is 2.35. The van der Waals surface area contributed by atoms with Crippen molar-refractivity contribution in [3.05, 3.63) is 0 Å². The molecule has 0 aromatic rings. The first-order chi connectivity index (χ1) is 4.33. The van der Waals surface area contributed by atoms with Gasteiger partial charge in [-0.1, -0.05) is 6.42 Å². The molecule has 0 radical (unpaired) electrons. The Morgan fingerprint density at radius 3 is 2.00 bits per heavy atom. The van der Waals surface area contributed by atoms with Crippen LogP contribution in [0, 0.1) is 5.41 Å². The summed E-state index contributed by atoms with van der Waals surface area (Å²) in [6.07, 6.45) is 4.21.